The molecular formula is C16H21F3N2O3. The van der Waals surface area contributed by atoms with Crippen LogP contribution in [-0.4, -0.2) is 30.7 Å². The van der Waals surface area contributed by atoms with Crippen molar-refractivity contribution in [2.45, 2.75) is 39.5 Å². The summed E-state index contributed by atoms with van der Waals surface area (Å²) in [6, 6.07) is 4.26. The van der Waals surface area contributed by atoms with Crippen LogP contribution < -0.4 is 10.2 Å². The second-order valence-electron chi connectivity index (χ2n) is 6.14. The van der Waals surface area contributed by atoms with E-state index in [-0.39, 0.29) is 19.0 Å². The van der Waals surface area contributed by atoms with Crippen molar-refractivity contribution in [1.82, 2.24) is 5.32 Å². The Kier molecular flexibility index (Phi) is 6.22. The molecule has 0 fully saturated rings. The smallest absolute Gasteiger partial charge is 0.416 e. The van der Waals surface area contributed by atoms with Gasteiger partial charge in [-0.1, -0.05) is 0 Å². The Bertz CT molecular complexity index is 578. The van der Waals surface area contributed by atoms with Gasteiger partial charge < -0.3 is 15.0 Å². The SMILES string of the molecule is CC(=O)N(CCNC(=O)OC(C)(C)C)c1ccc(C(F)(F)F)cc1. The average Bonchev–Trinajstić information content (AvgIpc) is 2.40. The molecular weight excluding hydrogens is 325 g/mol. The van der Waals surface area contributed by atoms with Crippen molar-refractivity contribution in [3.05, 3.63) is 29.8 Å². The third kappa shape index (κ3) is 6.47. The predicted octanol–water partition coefficient (Wildman–Crippen LogP) is 3.58. The van der Waals surface area contributed by atoms with Crippen LogP contribution in [0.25, 0.3) is 0 Å². The van der Waals surface area contributed by atoms with Crippen LogP contribution in [-0.2, 0) is 15.7 Å². The zero-order valence-corrected chi connectivity index (χ0v) is 14.0. The molecule has 0 spiro atoms. The molecule has 0 heterocycles. The van der Waals surface area contributed by atoms with Gasteiger partial charge in [0.15, 0.2) is 0 Å². The molecule has 0 atom stereocenters. The standard InChI is InChI=1S/C16H21F3N2O3/c1-11(22)21(10-9-20-14(23)24-15(2,3)4)13-7-5-12(6-8-13)16(17,18)19/h5-8H,9-10H2,1-4H3,(H,20,23). The van der Waals surface area contributed by atoms with Crippen molar-refractivity contribution in [2.75, 3.05) is 18.0 Å². The van der Waals surface area contributed by atoms with E-state index in [1.165, 1.54) is 24.0 Å². The molecule has 0 unspecified atom stereocenters. The van der Waals surface area contributed by atoms with Crippen molar-refractivity contribution in [2.24, 2.45) is 0 Å². The lowest BCUT2D eigenvalue weighted by atomic mass is 10.2. The first-order chi connectivity index (χ1) is 10.9. The van der Waals surface area contributed by atoms with Crippen LogP contribution >= 0.6 is 0 Å². The number of rotatable bonds is 4. The lowest BCUT2D eigenvalue weighted by molar-refractivity contribution is -0.137. The summed E-state index contributed by atoms with van der Waals surface area (Å²) in [5.41, 5.74) is -1.11. The van der Waals surface area contributed by atoms with Crippen LogP contribution in [0.4, 0.5) is 23.7 Å². The number of hydrogen-bond acceptors (Lipinski definition) is 3. The number of nitrogens with zero attached hydrogens (tertiary/aromatic N) is 1. The van der Waals surface area contributed by atoms with E-state index in [1.54, 1.807) is 20.8 Å². The Morgan fingerprint density at radius 2 is 1.67 bits per heavy atom. The Balaban J connectivity index is 2.68. The molecule has 0 aliphatic heterocycles. The number of anilines is 1. The van der Waals surface area contributed by atoms with Crippen LogP contribution in [0.1, 0.15) is 33.3 Å². The second-order valence-corrected chi connectivity index (χ2v) is 6.14. The maximum Gasteiger partial charge on any atom is 0.416 e. The molecule has 0 bridgehead atoms. The van der Waals surface area contributed by atoms with E-state index in [0.717, 1.165) is 12.1 Å². The molecule has 1 N–H and O–H groups in total. The third-order valence-electron chi connectivity index (χ3n) is 2.89. The highest BCUT2D eigenvalue weighted by Crippen LogP contribution is 2.30. The van der Waals surface area contributed by atoms with Crippen LogP contribution in [0.2, 0.25) is 0 Å². The number of carbonyl (C=O) groups is 2. The molecule has 134 valence electrons. The number of carbonyl (C=O) groups excluding carboxylic acids is 2. The molecule has 0 saturated heterocycles. The van der Waals surface area contributed by atoms with Crippen LogP contribution in [0.5, 0.6) is 0 Å². The number of alkyl carbamates (subject to hydrolysis) is 1. The number of halogens is 3. The summed E-state index contributed by atoms with van der Waals surface area (Å²) < 4.78 is 42.8. The van der Waals surface area contributed by atoms with Crippen molar-refractivity contribution in [1.29, 1.82) is 0 Å². The molecule has 0 radical (unpaired) electrons. The lowest BCUT2D eigenvalue weighted by Crippen LogP contribution is -2.39. The van der Waals surface area contributed by atoms with Gasteiger partial charge in [0, 0.05) is 25.7 Å². The quantitative estimate of drug-likeness (QED) is 0.906. The third-order valence-corrected chi connectivity index (χ3v) is 2.89. The Morgan fingerprint density at radius 1 is 1.12 bits per heavy atom. The fourth-order valence-corrected chi connectivity index (χ4v) is 1.88. The van der Waals surface area contributed by atoms with Crippen molar-refractivity contribution >= 4 is 17.7 Å². The number of nitrogens with one attached hydrogen (secondary N) is 1. The highest BCUT2D eigenvalue weighted by atomic mass is 19.4. The van der Waals surface area contributed by atoms with Gasteiger partial charge in [-0.2, -0.15) is 13.2 Å². The minimum atomic E-state index is -4.43. The van der Waals surface area contributed by atoms with Gasteiger partial charge in [-0.3, -0.25) is 4.79 Å². The first-order valence-corrected chi connectivity index (χ1v) is 7.32. The van der Waals surface area contributed by atoms with Gasteiger partial charge in [0.25, 0.3) is 0 Å². The molecule has 0 aromatic heterocycles. The number of amides is 2. The molecule has 1 aromatic rings. The minimum absolute atomic E-state index is 0.107. The van der Waals surface area contributed by atoms with Gasteiger partial charge in [-0.25, -0.2) is 4.79 Å². The monoisotopic (exact) mass is 346 g/mol. The summed E-state index contributed by atoms with van der Waals surface area (Å²) in [5.74, 6) is -0.347. The normalized spacial score (nSPS) is 11.8. The summed E-state index contributed by atoms with van der Waals surface area (Å²) in [6.45, 7) is 6.67. The zero-order valence-electron chi connectivity index (χ0n) is 14.0. The summed E-state index contributed by atoms with van der Waals surface area (Å²) >= 11 is 0. The Labute approximate surface area is 138 Å². The molecule has 1 aromatic carbocycles. The van der Waals surface area contributed by atoms with E-state index in [1.807, 2.05) is 0 Å². The van der Waals surface area contributed by atoms with E-state index in [4.69, 9.17) is 4.74 Å². The van der Waals surface area contributed by atoms with Gasteiger partial charge in [-0.15, -0.1) is 0 Å². The predicted molar refractivity (Wildman–Crippen MR) is 83.7 cm³/mol. The van der Waals surface area contributed by atoms with Crippen LogP contribution in [0.3, 0.4) is 0 Å². The summed E-state index contributed by atoms with van der Waals surface area (Å²) in [4.78, 5) is 24.5. The molecule has 0 aliphatic rings. The average molecular weight is 346 g/mol. The largest absolute Gasteiger partial charge is 0.444 e. The lowest BCUT2D eigenvalue weighted by Gasteiger charge is -2.23. The summed E-state index contributed by atoms with van der Waals surface area (Å²) in [6.07, 6.45) is -5.06. The van der Waals surface area contributed by atoms with Gasteiger partial charge >= 0.3 is 12.3 Å². The molecule has 8 heteroatoms. The van der Waals surface area contributed by atoms with E-state index < -0.39 is 23.4 Å². The zero-order chi connectivity index (χ0) is 18.5. The number of benzene rings is 1. The van der Waals surface area contributed by atoms with Gasteiger partial charge in [0.1, 0.15) is 5.60 Å². The molecule has 2 amide bonds. The van der Waals surface area contributed by atoms with E-state index in [0.29, 0.717) is 5.69 Å². The summed E-state index contributed by atoms with van der Waals surface area (Å²) in [7, 11) is 0. The van der Waals surface area contributed by atoms with Crippen molar-refractivity contribution in [3.8, 4) is 0 Å². The fourth-order valence-electron chi connectivity index (χ4n) is 1.88. The topological polar surface area (TPSA) is 58.6 Å². The molecule has 0 aliphatic carbocycles. The first-order valence-electron chi connectivity index (χ1n) is 7.32. The Hall–Kier alpha value is -2.25. The number of hydrogen-bond donors (Lipinski definition) is 1. The molecule has 5 nitrogen and oxygen atoms in total. The molecule has 1 rings (SSSR count). The van der Waals surface area contributed by atoms with Crippen molar-refractivity contribution < 1.29 is 27.5 Å². The number of ether oxygens (including phenoxy) is 1. The second kappa shape index (κ2) is 7.55. The highest BCUT2D eigenvalue weighted by molar-refractivity contribution is 5.91. The first kappa shape index (κ1) is 19.8. The number of alkyl halides is 3. The van der Waals surface area contributed by atoms with Crippen molar-refractivity contribution in [3.63, 3.8) is 0 Å². The van der Waals surface area contributed by atoms with Gasteiger partial charge in [0.05, 0.1) is 5.56 Å². The Morgan fingerprint density at radius 3 is 2.08 bits per heavy atom. The van der Waals surface area contributed by atoms with Gasteiger partial charge in [-0.05, 0) is 45.0 Å². The summed E-state index contributed by atoms with van der Waals surface area (Å²) in [5, 5.41) is 2.49. The fraction of sp³-hybridized carbons (Fsp3) is 0.500. The molecule has 0 saturated carbocycles. The van der Waals surface area contributed by atoms with Crippen LogP contribution in [0.15, 0.2) is 24.3 Å². The maximum atomic E-state index is 12.6. The highest BCUT2D eigenvalue weighted by Gasteiger charge is 2.30. The van der Waals surface area contributed by atoms with E-state index in [9.17, 15) is 22.8 Å². The van der Waals surface area contributed by atoms with Crippen LogP contribution in [0, 0.1) is 0 Å². The maximum absolute atomic E-state index is 12.6. The van der Waals surface area contributed by atoms with Gasteiger partial charge in [0.2, 0.25) is 5.91 Å². The molecule has 24 heavy (non-hydrogen) atoms. The van der Waals surface area contributed by atoms with E-state index >= 15 is 0 Å². The van der Waals surface area contributed by atoms with E-state index in [2.05, 4.69) is 5.32 Å². The minimum Gasteiger partial charge on any atom is -0.444 e.